The van der Waals surface area contributed by atoms with Gasteiger partial charge >= 0.3 is 5.97 Å². The van der Waals surface area contributed by atoms with Crippen molar-refractivity contribution in [1.82, 2.24) is 10.3 Å². The van der Waals surface area contributed by atoms with Gasteiger partial charge in [-0.1, -0.05) is 13.3 Å². The maximum atomic E-state index is 12.8. The van der Waals surface area contributed by atoms with Gasteiger partial charge in [0.25, 0.3) is 5.91 Å². The second kappa shape index (κ2) is 7.17. The summed E-state index contributed by atoms with van der Waals surface area (Å²) in [6, 6.07) is 0.00487. The molecule has 1 aliphatic heterocycles. The number of esters is 1. The van der Waals surface area contributed by atoms with Crippen LogP contribution in [0.15, 0.2) is 0 Å². The average molecular weight is 350 g/mol. The van der Waals surface area contributed by atoms with Gasteiger partial charge in [-0.3, -0.25) is 4.79 Å². The summed E-state index contributed by atoms with van der Waals surface area (Å²) in [6.45, 7) is 5.02. The Bertz CT molecular complexity index is 661. The molecule has 2 heterocycles. The van der Waals surface area contributed by atoms with Crippen LogP contribution in [-0.2, 0) is 20.6 Å². The molecule has 1 atom stereocenters. The number of aryl methyl sites for hydroxylation is 1. The van der Waals surface area contributed by atoms with Crippen molar-refractivity contribution in [2.24, 2.45) is 0 Å². The average Bonchev–Trinajstić information content (AvgIpc) is 3.29. The molecule has 2 N–H and O–H groups in total. The Labute approximate surface area is 147 Å². The van der Waals surface area contributed by atoms with Crippen LogP contribution in [0.1, 0.15) is 64.7 Å². The third-order valence-corrected chi connectivity index (χ3v) is 4.99. The van der Waals surface area contributed by atoms with Crippen molar-refractivity contribution < 1.29 is 23.8 Å². The molecule has 2 fully saturated rings. The molecular weight excluding hydrogens is 324 g/mol. The minimum absolute atomic E-state index is 0.00487. The number of nitrogens with one attached hydrogen (secondary N) is 2. The van der Waals surface area contributed by atoms with Crippen molar-refractivity contribution in [3.05, 3.63) is 22.5 Å². The van der Waals surface area contributed by atoms with E-state index in [1.54, 1.807) is 6.92 Å². The molecule has 138 valence electrons. The number of amides is 1. The predicted octanol–water partition coefficient (Wildman–Crippen LogP) is 2.09. The van der Waals surface area contributed by atoms with E-state index in [1.807, 2.05) is 6.92 Å². The largest absolute Gasteiger partial charge is 0.465 e. The molecule has 2 aliphatic rings. The fourth-order valence-corrected chi connectivity index (χ4v) is 3.86. The summed E-state index contributed by atoms with van der Waals surface area (Å²) in [4.78, 5) is 27.9. The van der Waals surface area contributed by atoms with Gasteiger partial charge in [0.05, 0.1) is 25.9 Å². The zero-order valence-corrected chi connectivity index (χ0v) is 15.1. The van der Waals surface area contributed by atoms with Crippen molar-refractivity contribution in [3.8, 4) is 0 Å². The van der Waals surface area contributed by atoms with E-state index in [-0.39, 0.29) is 11.9 Å². The van der Waals surface area contributed by atoms with Crippen LogP contribution < -0.4 is 5.32 Å². The number of aromatic amines is 1. The normalized spacial score (nSPS) is 21.6. The van der Waals surface area contributed by atoms with Crippen LogP contribution in [0.2, 0.25) is 0 Å². The van der Waals surface area contributed by atoms with Gasteiger partial charge in [-0.25, -0.2) is 4.79 Å². The van der Waals surface area contributed by atoms with Gasteiger partial charge in [0.1, 0.15) is 5.69 Å². The number of carbonyl (C=O) groups excluding carboxylic acids is 2. The smallest absolute Gasteiger partial charge is 0.339 e. The van der Waals surface area contributed by atoms with E-state index < -0.39 is 11.8 Å². The quantitative estimate of drug-likeness (QED) is 0.794. The summed E-state index contributed by atoms with van der Waals surface area (Å²) in [6.07, 6.45) is 3.73. The number of aromatic nitrogens is 1. The first-order valence-corrected chi connectivity index (χ1v) is 8.88. The molecule has 1 saturated carbocycles. The summed E-state index contributed by atoms with van der Waals surface area (Å²) in [5.74, 6) is -1.13. The molecule has 1 aliphatic carbocycles. The second-order valence-electron chi connectivity index (χ2n) is 6.74. The maximum Gasteiger partial charge on any atom is 0.339 e. The van der Waals surface area contributed by atoms with Crippen LogP contribution in [0.4, 0.5) is 0 Å². The lowest BCUT2D eigenvalue weighted by atomic mass is 10.0. The molecule has 1 aromatic rings. The van der Waals surface area contributed by atoms with Gasteiger partial charge in [-0.2, -0.15) is 0 Å². The van der Waals surface area contributed by atoms with E-state index in [9.17, 15) is 9.59 Å². The number of methoxy groups -OCH3 is 1. The van der Waals surface area contributed by atoms with Gasteiger partial charge in [0.2, 0.25) is 0 Å². The molecule has 3 rings (SSSR count). The van der Waals surface area contributed by atoms with Gasteiger partial charge in [-0.05, 0) is 25.3 Å². The number of carbonyl (C=O) groups is 2. The topological polar surface area (TPSA) is 89.7 Å². The highest BCUT2D eigenvalue weighted by atomic mass is 16.7. The Kier molecular flexibility index (Phi) is 5.15. The van der Waals surface area contributed by atoms with Crippen LogP contribution in [0.25, 0.3) is 0 Å². The Morgan fingerprint density at radius 3 is 2.72 bits per heavy atom. The number of H-pyrrole nitrogens is 1. The van der Waals surface area contributed by atoms with Gasteiger partial charge < -0.3 is 24.5 Å². The van der Waals surface area contributed by atoms with Crippen molar-refractivity contribution >= 4 is 11.9 Å². The highest BCUT2D eigenvalue weighted by molar-refractivity contribution is 6.00. The number of ether oxygens (including phenoxy) is 3. The molecular formula is C18H26N2O5. The molecule has 7 heteroatoms. The highest BCUT2D eigenvalue weighted by Gasteiger charge is 2.44. The van der Waals surface area contributed by atoms with E-state index in [4.69, 9.17) is 14.2 Å². The van der Waals surface area contributed by atoms with Crippen LogP contribution in [0.3, 0.4) is 0 Å². The van der Waals surface area contributed by atoms with Crippen LogP contribution in [0.5, 0.6) is 0 Å². The van der Waals surface area contributed by atoms with E-state index in [0.717, 1.165) is 24.8 Å². The summed E-state index contributed by atoms with van der Waals surface area (Å²) >= 11 is 0. The van der Waals surface area contributed by atoms with Gasteiger partial charge in [-0.15, -0.1) is 0 Å². The zero-order chi connectivity index (χ0) is 18.0. The number of hydrogen-bond acceptors (Lipinski definition) is 5. The first kappa shape index (κ1) is 17.9. The third kappa shape index (κ3) is 3.43. The Hall–Kier alpha value is -1.86. The Balaban J connectivity index is 1.77. The molecule has 7 nitrogen and oxygen atoms in total. The van der Waals surface area contributed by atoms with Gasteiger partial charge in [0.15, 0.2) is 5.79 Å². The van der Waals surface area contributed by atoms with Crippen LogP contribution >= 0.6 is 0 Å². The second-order valence-corrected chi connectivity index (χ2v) is 6.74. The molecule has 1 aromatic heterocycles. The standard InChI is InChI=1S/C18H26N2O5/c1-4-5-13-14(17(22)23-3)11(2)19-15(13)16(21)20-12-6-7-18(10-12)24-8-9-25-18/h12,19H,4-10H2,1-3H3,(H,20,21)/t12-/m1/s1. The third-order valence-electron chi connectivity index (χ3n) is 4.99. The van der Waals surface area contributed by atoms with Crippen molar-refractivity contribution in [2.75, 3.05) is 20.3 Å². The fraction of sp³-hybridized carbons (Fsp3) is 0.667. The lowest BCUT2D eigenvalue weighted by Gasteiger charge is -2.21. The Morgan fingerprint density at radius 2 is 2.08 bits per heavy atom. The van der Waals surface area contributed by atoms with E-state index in [2.05, 4.69) is 10.3 Å². The fourth-order valence-electron chi connectivity index (χ4n) is 3.86. The van der Waals surface area contributed by atoms with Crippen molar-refractivity contribution in [2.45, 2.75) is 57.8 Å². The van der Waals surface area contributed by atoms with Crippen molar-refractivity contribution in [3.63, 3.8) is 0 Å². The summed E-state index contributed by atoms with van der Waals surface area (Å²) in [5, 5.41) is 3.06. The zero-order valence-electron chi connectivity index (χ0n) is 15.1. The summed E-state index contributed by atoms with van der Waals surface area (Å²) in [5.41, 5.74) is 2.31. The number of rotatable bonds is 5. The first-order chi connectivity index (χ1) is 12.0. The lowest BCUT2D eigenvalue weighted by molar-refractivity contribution is -0.151. The predicted molar refractivity (Wildman–Crippen MR) is 90.6 cm³/mol. The van der Waals surface area contributed by atoms with Gasteiger partial charge in [0, 0.05) is 24.6 Å². The number of hydrogen-bond donors (Lipinski definition) is 2. The lowest BCUT2D eigenvalue weighted by Crippen LogP contribution is -2.36. The molecule has 1 saturated heterocycles. The van der Waals surface area contributed by atoms with E-state index >= 15 is 0 Å². The molecule has 0 unspecified atom stereocenters. The molecule has 25 heavy (non-hydrogen) atoms. The van der Waals surface area contributed by atoms with E-state index in [1.165, 1.54) is 7.11 Å². The summed E-state index contributed by atoms with van der Waals surface area (Å²) in [7, 11) is 1.35. The molecule has 0 radical (unpaired) electrons. The van der Waals surface area contributed by atoms with Crippen molar-refractivity contribution in [1.29, 1.82) is 0 Å². The Morgan fingerprint density at radius 1 is 1.36 bits per heavy atom. The highest BCUT2D eigenvalue weighted by Crippen LogP contribution is 2.37. The SMILES string of the molecule is CCCc1c(C(=O)N[C@@H]2CCC3(C2)OCCO3)[nH]c(C)c1C(=O)OC. The first-order valence-electron chi connectivity index (χ1n) is 8.88. The maximum absolute atomic E-state index is 12.8. The monoisotopic (exact) mass is 350 g/mol. The molecule has 0 aromatic carbocycles. The minimum atomic E-state index is -0.521. The van der Waals surface area contributed by atoms with Crippen LogP contribution in [-0.4, -0.2) is 49.0 Å². The minimum Gasteiger partial charge on any atom is -0.465 e. The van der Waals surface area contributed by atoms with Crippen LogP contribution in [0, 0.1) is 6.92 Å². The molecule has 1 amide bonds. The molecule has 0 bridgehead atoms. The van der Waals surface area contributed by atoms with E-state index in [0.29, 0.717) is 43.0 Å². The molecule has 1 spiro atoms. The summed E-state index contributed by atoms with van der Waals surface area (Å²) < 4.78 is 16.3.